The lowest BCUT2D eigenvalue weighted by Crippen LogP contribution is -2.06. The van der Waals surface area contributed by atoms with Gasteiger partial charge < -0.3 is 15.8 Å². The van der Waals surface area contributed by atoms with Gasteiger partial charge in [-0.25, -0.2) is 0 Å². The van der Waals surface area contributed by atoms with Crippen molar-refractivity contribution in [2.24, 2.45) is 0 Å². The van der Waals surface area contributed by atoms with E-state index >= 15 is 0 Å². The topological polar surface area (TPSA) is 47.3 Å². The van der Waals surface area contributed by atoms with Crippen LogP contribution in [0.4, 0.5) is 11.4 Å². The number of thiophene rings is 1. The number of anilines is 2. The Hall–Kier alpha value is -1.20. The number of hydrogen-bond donors (Lipinski definition) is 2. The van der Waals surface area contributed by atoms with Crippen LogP contribution in [0.5, 0.6) is 5.75 Å². The molecule has 0 spiro atoms. The highest BCUT2D eigenvalue weighted by Gasteiger charge is 2.03. The molecule has 102 valence electrons. The summed E-state index contributed by atoms with van der Waals surface area (Å²) in [5, 5.41) is 5.43. The van der Waals surface area contributed by atoms with Crippen LogP contribution in [0.15, 0.2) is 34.1 Å². The normalized spacial score (nSPS) is 10.7. The summed E-state index contributed by atoms with van der Waals surface area (Å²) in [7, 11) is 0. The average Bonchev–Trinajstić information content (AvgIpc) is 2.71. The molecule has 0 amide bonds. The van der Waals surface area contributed by atoms with Gasteiger partial charge in [-0.2, -0.15) is 0 Å². The van der Waals surface area contributed by atoms with E-state index in [1.54, 1.807) is 11.3 Å². The quantitative estimate of drug-likeness (QED) is 0.788. The van der Waals surface area contributed by atoms with Crippen LogP contribution in [0, 0.1) is 0 Å². The van der Waals surface area contributed by atoms with Crippen LogP contribution < -0.4 is 15.8 Å². The molecule has 1 aromatic carbocycles. The maximum Gasteiger partial charge on any atom is 0.123 e. The highest BCUT2D eigenvalue weighted by Crippen LogP contribution is 2.25. The Kier molecular flexibility index (Phi) is 4.71. The molecule has 0 aliphatic rings. The standard InChI is InChI=1S/C14H17BrN2OS/c1-9(2)18-13-5-11(16)4-12(6-13)17-7-14-3-10(15)8-19-14/h3-6,8-9,17H,7,16H2,1-2H3. The summed E-state index contributed by atoms with van der Waals surface area (Å²) in [5.41, 5.74) is 7.56. The third kappa shape index (κ3) is 4.44. The fourth-order valence-electron chi connectivity index (χ4n) is 1.70. The first-order valence-corrected chi connectivity index (χ1v) is 7.74. The molecule has 2 rings (SSSR count). The number of nitrogens with two attached hydrogens (primary N) is 1. The molecular formula is C14H17BrN2OS. The Morgan fingerprint density at radius 3 is 2.74 bits per heavy atom. The van der Waals surface area contributed by atoms with Crippen LogP contribution in [-0.2, 0) is 6.54 Å². The first-order valence-electron chi connectivity index (χ1n) is 6.07. The van der Waals surface area contributed by atoms with Crippen molar-refractivity contribution in [2.45, 2.75) is 26.5 Å². The molecule has 0 saturated carbocycles. The number of nitrogen functional groups attached to an aromatic ring is 1. The highest BCUT2D eigenvalue weighted by molar-refractivity contribution is 9.10. The number of ether oxygens (including phenoxy) is 1. The second kappa shape index (κ2) is 6.30. The predicted molar refractivity (Wildman–Crippen MR) is 86.0 cm³/mol. The van der Waals surface area contributed by atoms with Gasteiger partial charge in [-0.15, -0.1) is 11.3 Å². The monoisotopic (exact) mass is 340 g/mol. The van der Waals surface area contributed by atoms with E-state index in [0.717, 1.165) is 22.5 Å². The van der Waals surface area contributed by atoms with E-state index in [-0.39, 0.29) is 6.10 Å². The summed E-state index contributed by atoms with van der Waals surface area (Å²) in [6.07, 6.45) is 0.142. The highest BCUT2D eigenvalue weighted by atomic mass is 79.9. The number of nitrogens with one attached hydrogen (secondary N) is 1. The van der Waals surface area contributed by atoms with E-state index in [4.69, 9.17) is 10.5 Å². The van der Waals surface area contributed by atoms with Crippen molar-refractivity contribution in [1.82, 2.24) is 0 Å². The summed E-state index contributed by atoms with van der Waals surface area (Å²) >= 11 is 5.17. The van der Waals surface area contributed by atoms with E-state index in [2.05, 4.69) is 32.7 Å². The third-order valence-electron chi connectivity index (χ3n) is 2.39. The largest absolute Gasteiger partial charge is 0.491 e. The lowest BCUT2D eigenvalue weighted by atomic mass is 10.2. The molecule has 0 aliphatic heterocycles. The minimum Gasteiger partial charge on any atom is -0.491 e. The Labute approximate surface area is 125 Å². The van der Waals surface area contributed by atoms with Crippen LogP contribution in [0.25, 0.3) is 0 Å². The maximum absolute atomic E-state index is 5.88. The van der Waals surface area contributed by atoms with Gasteiger partial charge in [-0.1, -0.05) is 0 Å². The van der Waals surface area contributed by atoms with Gasteiger partial charge in [-0.3, -0.25) is 0 Å². The van der Waals surface area contributed by atoms with Gasteiger partial charge in [-0.05, 0) is 41.9 Å². The minimum absolute atomic E-state index is 0.142. The maximum atomic E-state index is 5.88. The van der Waals surface area contributed by atoms with Crippen LogP contribution in [0.3, 0.4) is 0 Å². The molecule has 0 bridgehead atoms. The van der Waals surface area contributed by atoms with E-state index in [1.807, 2.05) is 32.0 Å². The van der Waals surface area contributed by atoms with Gasteiger partial charge in [0.25, 0.3) is 0 Å². The van der Waals surface area contributed by atoms with Gasteiger partial charge in [0.2, 0.25) is 0 Å². The van der Waals surface area contributed by atoms with Crippen LogP contribution in [0.2, 0.25) is 0 Å². The molecule has 1 aromatic heterocycles. The van der Waals surface area contributed by atoms with E-state index in [9.17, 15) is 0 Å². The zero-order chi connectivity index (χ0) is 13.8. The summed E-state index contributed by atoms with van der Waals surface area (Å²) < 4.78 is 6.78. The van der Waals surface area contributed by atoms with Crippen molar-refractivity contribution >= 4 is 38.6 Å². The zero-order valence-electron chi connectivity index (χ0n) is 10.9. The van der Waals surface area contributed by atoms with Gasteiger partial charge in [0, 0.05) is 44.8 Å². The van der Waals surface area contributed by atoms with Crippen molar-refractivity contribution in [3.63, 3.8) is 0 Å². The Bertz CT molecular complexity index is 554. The molecule has 3 nitrogen and oxygen atoms in total. The SMILES string of the molecule is CC(C)Oc1cc(N)cc(NCc2cc(Br)cs2)c1. The molecule has 2 aromatic rings. The van der Waals surface area contributed by atoms with Gasteiger partial charge in [0.15, 0.2) is 0 Å². The molecule has 0 unspecified atom stereocenters. The second-order valence-corrected chi connectivity index (χ2v) is 6.45. The lowest BCUT2D eigenvalue weighted by Gasteiger charge is -2.13. The first kappa shape index (κ1) is 14.2. The van der Waals surface area contributed by atoms with Gasteiger partial charge in [0.05, 0.1) is 6.10 Å². The number of hydrogen-bond acceptors (Lipinski definition) is 4. The van der Waals surface area contributed by atoms with Crippen LogP contribution in [0.1, 0.15) is 18.7 Å². The molecule has 0 atom stereocenters. The van der Waals surface area contributed by atoms with Crippen LogP contribution >= 0.6 is 27.3 Å². The molecule has 0 fully saturated rings. The Balaban J connectivity index is 2.05. The molecule has 3 N–H and O–H groups in total. The van der Waals surface area contributed by atoms with E-state index in [0.29, 0.717) is 5.69 Å². The van der Waals surface area contributed by atoms with Gasteiger partial charge >= 0.3 is 0 Å². The molecule has 5 heteroatoms. The average molecular weight is 341 g/mol. The molecule has 19 heavy (non-hydrogen) atoms. The fraction of sp³-hybridized carbons (Fsp3) is 0.286. The molecule has 0 radical (unpaired) electrons. The van der Waals surface area contributed by atoms with Crippen molar-refractivity contribution in [1.29, 1.82) is 0 Å². The molecule has 0 saturated heterocycles. The van der Waals surface area contributed by atoms with Crippen molar-refractivity contribution in [3.05, 3.63) is 39.0 Å². The summed E-state index contributed by atoms with van der Waals surface area (Å²) in [6, 6.07) is 7.83. The lowest BCUT2D eigenvalue weighted by molar-refractivity contribution is 0.242. The van der Waals surface area contributed by atoms with E-state index < -0.39 is 0 Å². The predicted octanol–water partition coefficient (Wildman–Crippen LogP) is 4.49. The summed E-state index contributed by atoms with van der Waals surface area (Å²) in [4.78, 5) is 1.26. The second-order valence-electron chi connectivity index (χ2n) is 4.54. The van der Waals surface area contributed by atoms with Crippen molar-refractivity contribution in [3.8, 4) is 5.75 Å². The van der Waals surface area contributed by atoms with Crippen molar-refractivity contribution < 1.29 is 4.74 Å². The number of halogens is 1. The minimum atomic E-state index is 0.142. The zero-order valence-corrected chi connectivity index (χ0v) is 13.3. The smallest absolute Gasteiger partial charge is 0.123 e. The number of rotatable bonds is 5. The number of benzene rings is 1. The Morgan fingerprint density at radius 2 is 2.11 bits per heavy atom. The summed E-state index contributed by atoms with van der Waals surface area (Å²) in [5.74, 6) is 0.796. The summed E-state index contributed by atoms with van der Waals surface area (Å²) in [6.45, 7) is 4.78. The van der Waals surface area contributed by atoms with Crippen LogP contribution in [-0.4, -0.2) is 6.10 Å². The van der Waals surface area contributed by atoms with E-state index in [1.165, 1.54) is 4.88 Å². The first-order chi connectivity index (χ1) is 9.02. The molecular weight excluding hydrogens is 324 g/mol. The molecule has 0 aliphatic carbocycles. The molecule has 1 heterocycles. The fourth-order valence-corrected chi connectivity index (χ4v) is 3.09. The third-order valence-corrected chi connectivity index (χ3v) is 4.09. The van der Waals surface area contributed by atoms with Crippen molar-refractivity contribution in [2.75, 3.05) is 11.1 Å². The Morgan fingerprint density at radius 1 is 1.32 bits per heavy atom. The van der Waals surface area contributed by atoms with Gasteiger partial charge in [0.1, 0.15) is 5.75 Å².